The van der Waals surface area contributed by atoms with Crippen molar-refractivity contribution in [2.75, 3.05) is 0 Å². The largest absolute Gasteiger partial charge is 0.493 e. The molecule has 1 aromatic rings. The average molecular weight is 213 g/mol. The van der Waals surface area contributed by atoms with Crippen molar-refractivity contribution in [2.24, 2.45) is 4.36 Å². The van der Waals surface area contributed by atoms with Crippen molar-refractivity contribution in [3.05, 3.63) is 22.7 Å². The SMILES string of the molecule is OB1OCc2ccc(N=S)c(Cl)c21. The number of hydrogen-bond acceptors (Lipinski definition) is 4. The molecule has 0 spiro atoms. The summed E-state index contributed by atoms with van der Waals surface area (Å²) in [5.74, 6) is 0. The van der Waals surface area contributed by atoms with E-state index in [2.05, 4.69) is 16.8 Å². The Morgan fingerprint density at radius 1 is 1.62 bits per heavy atom. The molecule has 0 saturated heterocycles. The third-order valence-corrected chi connectivity index (χ3v) is 2.59. The van der Waals surface area contributed by atoms with Gasteiger partial charge in [0.15, 0.2) is 0 Å². The first-order chi connectivity index (χ1) is 6.24. The molecular weight excluding hydrogens is 208 g/mol. The van der Waals surface area contributed by atoms with Crippen LogP contribution in [0.1, 0.15) is 5.56 Å². The molecule has 0 saturated carbocycles. The molecule has 0 unspecified atom stereocenters. The Hall–Kier alpha value is -0.485. The van der Waals surface area contributed by atoms with Crippen LogP contribution in [0.25, 0.3) is 0 Å². The number of fused-ring (bicyclic) bond motifs is 1. The fraction of sp³-hybridized carbons (Fsp3) is 0.143. The van der Waals surface area contributed by atoms with Gasteiger partial charge in [-0.1, -0.05) is 17.7 Å². The van der Waals surface area contributed by atoms with E-state index in [4.69, 9.17) is 16.3 Å². The predicted molar refractivity (Wildman–Crippen MR) is 53.3 cm³/mol. The zero-order valence-corrected chi connectivity index (χ0v) is 8.10. The zero-order valence-electron chi connectivity index (χ0n) is 6.53. The summed E-state index contributed by atoms with van der Waals surface area (Å²) in [4.78, 5) is 0. The van der Waals surface area contributed by atoms with Crippen molar-refractivity contribution in [3.8, 4) is 0 Å². The van der Waals surface area contributed by atoms with Gasteiger partial charge in [0.1, 0.15) is 0 Å². The average Bonchev–Trinajstić information content (AvgIpc) is 2.49. The molecule has 2 rings (SSSR count). The second kappa shape index (κ2) is 3.34. The number of benzene rings is 1. The van der Waals surface area contributed by atoms with E-state index in [0.717, 1.165) is 5.56 Å². The standard InChI is InChI=1S/C7H5BClNO2S/c9-7-5(10-13)2-1-4-3-12-8(11)6(4)7/h1-2,11H,3H2. The molecule has 3 nitrogen and oxygen atoms in total. The monoisotopic (exact) mass is 213 g/mol. The molecule has 0 bridgehead atoms. The van der Waals surface area contributed by atoms with Crippen molar-refractivity contribution in [2.45, 2.75) is 6.61 Å². The molecule has 0 aliphatic carbocycles. The van der Waals surface area contributed by atoms with Gasteiger partial charge >= 0.3 is 7.12 Å². The summed E-state index contributed by atoms with van der Waals surface area (Å²) < 4.78 is 8.57. The molecule has 0 aromatic heterocycles. The second-order valence-corrected chi connectivity index (χ2v) is 3.29. The number of hydrogen-bond donors (Lipinski definition) is 1. The van der Waals surface area contributed by atoms with E-state index in [1.54, 1.807) is 6.07 Å². The van der Waals surface area contributed by atoms with Crippen LogP contribution in [0.15, 0.2) is 16.5 Å². The smallest absolute Gasteiger partial charge is 0.423 e. The van der Waals surface area contributed by atoms with Gasteiger partial charge in [0, 0.05) is 17.9 Å². The van der Waals surface area contributed by atoms with Crippen molar-refractivity contribution in [1.29, 1.82) is 0 Å². The maximum Gasteiger partial charge on any atom is 0.493 e. The van der Waals surface area contributed by atoms with Gasteiger partial charge in [0.05, 0.1) is 17.3 Å². The van der Waals surface area contributed by atoms with Crippen LogP contribution in [0, 0.1) is 0 Å². The molecule has 0 amide bonds. The van der Waals surface area contributed by atoms with Crippen LogP contribution >= 0.6 is 11.6 Å². The van der Waals surface area contributed by atoms with Gasteiger partial charge in [0.2, 0.25) is 0 Å². The number of rotatable bonds is 1. The van der Waals surface area contributed by atoms with Crippen molar-refractivity contribution < 1.29 is 9.68 Å². The Morgan fingerprint density at radius 2 is 2.38 bits per heavy atom. The van der Waals surface area contributed by atoms with Crippen LogP contribution in [0.3, 0.4) is 0 Å². The van der Waals surface area contributed by atoms with Gasteiger partial charge in [-0.3, -0.25) is 0 Å². The van der Waals surface area contributed by atoms with Crippen LogP contribution in [0.5, 0.6) is 0 Å². The third-order valence-electron chi connectivity index (χ3n) is 1.99. The molecule has 66 valence electrons. The topological polar surface area (TPSA) is 41.8 Å². The van der Waals surface area contributed by atoms with Crippen molar-refractivity contribution in [3.63, 3.8) is 0 Å². The lowest BCUT2D eigenvalue weighted by atomic mass is 9.79. The summed E-state index contributed by atoms with van der Waals surface area (Å²) in [5.41, 5.74) is 1.98. The quantitative estimate of drug-likeness (QED) is 0.706. The van der Waals surface area contributed by atoms with E-state index in [1.807, 2.05) is 6.07 Å². The summed E-state index contributed by atoms with van der Waals surface area (Å²) in [7, 11) is -0.945. The number of halogens is 1. The highest BCUT2D eigenvalue weighted by atomic mass is 35.5. The maximum atomic E-state index is 9.40. The first kappa shape index (κ1) is 9.08. The molecule has 13 heavy (non-hydrogen) atoms. The Kier molecular flexibility index (Phi) is 2.34. The van der Waals surface area contributed by atoms with Crippen LogP contribution in [0.4, 0.5) is 5.69 Å². The van der Waals surface area contributed by atoms with E-state index >= 15 is 0 Å². The van der Waals surface area contributed by atoms with E-state index in [9.17, 15) is 5.02 Å². The Labute approximate surface area is 86.0 Å². The fourth-order valence-corrected chi connectivity index (χ4v) is 1.86. The van der Waals surface area contributed by atoms with Crippen LogP contribution in [0.2, 0.25) is 5.02 Å². The molecule has 0 radical (unpaired) electrons. The molecule has 1 aliphatic heterocycles. The number of nitrogens with zero attached hydrogens (tertiary/aromatic N) is 1. The van der Waals surface area contributed by atoms with E-state index in [-0.39, 0.29) is 0 Å². The zero-order chi connectivity index (χ0) is 9.42. The van der Waals surface area contributed by atoms with Crippen molar-refractivity contribution >= 4 is 42.3 Å². The summed E-state index contributed by atoms with van der Waals surface area (Å²) in [6.07, 6.45) is 0. The Bertz CT molecular complexity index is 374. The minimum absolute atomic E-state index is 0.383. The van der Waals surface area contributed by atoms with Crippen LogP contribution in [-0.2, 0) is 23.7 Å². The Balaban J connectivity index is 2.62. The normalized spacial score (nSPS) is 14.5. The highest BCUT2D eigenvalue weighted by molar-refractivity contribution is 7.47. The molecule has 1 heterocycles. The van der Waals surface area contributed by atoms with Gasteiger partial charge in [-0.15, -0.1) is 0 Å². The van der Waals surface area contributed by atoms with E-state index in [1.165, 1.54) is 0 Å². The van der Waals surface area contributed by atoms with Gasteiger partial charge in [0.25, 0.3) is 0 Å². The maximum absolute atomic E-state index is 9.40. The molecule has 1 aromatic carbocycles. The summed E-state index contributed by atoms with van der Waals surface area (Å²) in [5, 5.41) is 9.79. The summed E-state index contributed by atoms with van der Waals surface area (Å²) in [6.45, 7) is 0.383. The highest BCUT2D eigenvalue weighted by Gasteiger charge is 2.30. The lowest BCUT2D eigenvalue weighted by molar-refractivity contribution is 0.275. The van der Waals surface area contributed by atoms with E-state index in [0.29, 0.717) is 22.8 Å². The molecule has 6 heteroatoms. The summed E-state index contributed by atoms with van der Waals surface area (Å²) >= 11 is 10.5. The molecular formula is C7H5BClNO2S. The third kappa shape index (κ3) is 1.38. The minimum Gasteiger partial charge on any atom is -0.423 e. The molecule has 0 fully saturated rings. The lowest BCUT2D eigenvalue weighted by Crippen LogP contribution is -2.29. The van der Waals surface area contributed by atoms with Gasteiger partial charge in [-0.2, -0.15) is 4.36 Å². The molecule has 1 aliphatic rings. The Morgan fingerprint density at radius 3 is 3.08 bits per heavy atom. The van der Waals surface area contributed by atoms with Crippen LogP contribution in [-0.4, -0.2) is 12.1 Å². The van der Waals surface area contributed by atoms with Gasteiger partial charge < -0.3 is 9.68 Å². The fourth-order valence-electron chi connectivity index (χ4n) is 1.34. The first-order valence-electron chi connectivity index (χ1n) is 3.68. The van der Waals surface area contributed by atoms with E-state index < -0.39 is 7.12 Å². The lowest BCUT2D eigenvalue weighted by Gasteiger charge is -2.03. The van der Waals surface area contributed by atoms with Crippen LogP contribution < -0.4 is 5.46 Å². The van der Waals surface area contributed by atoms with Gasteiger partial charge in [-0.25, -0.2) is 0 Å². The second-order valence-electron chi connectivity index (χ2n) is 2.73. The first-order valence-corrected chi connectivity index (χ1v) is 4.42. The van der Waals surface area contributed by atoms with Crippen molar-refractivity contribution in [1.82, 2.24) is 0 Å². The van der Waals surface area contributed by atoms with Gasteiger partial charge in [-0.05, 0) is 11.6 Å². The molecule has 1 N–H and O–H groups in total. The predicted octanol–water partition coefficient (Wildman–Crippen LogP) is 0.920. The summed E-state index contributed by atoms with van der Waals surface area (Å²) in [6, 6.07) is 3.53. The minimum atomic E-state index is -0.945. The molecule has 0 atom stereocenters. The highest BCUT2D eigenvalue weighted by Crippen LogP contribution is 2.26.